The van der Waals surface area contributed by atoms with Gasteiger partial charge in [0, 0.05) is 42.3 Å². The van der Waals surface area contributed by atoms with Crippen molar-refractivity contribution < 1.29 is 18.0 Å². The summed E-state index contributed by atoms with van der Waals surface area (Å²) in [7, 11) is 0. The third-order valence-electron chi connectivity index (χ3n) is 4.15. The highest BCUT2D eigenvalue weighted by atomic mass is 32.2. The van der Waals surface area contributed by atoms with Gasteiger partial charge in [0.05, 0.1) is 5.56 Å². The lowest BCUT2D eigenvalue weighted by Gasteiger charge is -2.26. The maximum absolute atomic E-state index is 12.8. The zero-order chi connectivity index (χ0) is 17.9. The van der Waals surface area contributed by atoms with Gasteiger partial charge >= 0.3 is 6.18 Å². The van der Waals surface area contributed by atoms with Crippen LogP contribution in [0.3, 0.4) is 0 Å². The van der Waals surface area contributed by atoms with Gasteiger partial charge in [0.15, 0.2) is 5.78 Å². The van der Waals surface area contributed by atoms with Crippen LogP contribution in [0.25, 0.3) is 0 Å². The number of carbonyl (C=O) groups is 1. The zero-order valence-corrected chi connectivity index (χ0v) is 14.4. The minimum atomic E-state index is -4.45. The molecule has 1 heterocycles. The Hall–Kier alpha value is -1.79. The van der Waals surface area contributed by atoms with E-state index >= 15 is 0 Å². The first-order valence-electron chi connectivity index (χ1n) is 8.04. The molecule has 0 unspecified atom stereocenters. The fourth-order valence-corrected chi connectivity index (χ4v) is 3.81. The minimum absolute atomic E-state index is 0.0568. The molecule has 0 saturated carbocycles. The van der Waals surface area contributed by atoms with Crippen LogP contribution in [0, 0.1) is 0 Å². The highest BCUT2D eigenvalue weighted by Gasteiger charge is 2.31. The van der Waals surface area contributed by atoms with Crippen LogP contribution in [0.15, 0.2) is 48.5 Å². The Morgan fingerprint density at radius 1 is 1.00 bits per heavy atom. The second kappa shape index (κ2) is 7.62. The summed E-state index contributed by atoms with van der Waals surface area (Å²) in [6, 6.07) is 11.7. The number of alkyl halides is 3. The molecular formula is C19H18F3NOS. The number of thioether (sulfide) groups is 1. The van der Waals surface area contributed by atoms with Gasteiger partial charge in [-0.05, 0) is 23.8 Å². The molecule has 0 amide bonds. The predicted octanol–water partition coefficient (Wildman–Crippen LogP) is 4.49. The molecule has 2 nitrogen and oxygen atoms in total. The number of hydrogen-bond donors (Lipinski definition) is 0. The Bertz CT molecular complexity index is 754. The van der Waals surface area contributed by atoms with Crippen LogP contribution < -0.4 is 0 Å². The van der Waals surface area contributed by atoms with Gasteiger partial charge in [0.2, 0.25) is 0 Å². The molecule has 0 aromatic heterocycles. The Balaban J connectivity index is 1.79. The zero-order valence-electron chi connectivity index (χ0n) is 13.6. The van der Waals surface area contributed by atoms with Crippen molar-refractivity contribution in [3.05, 3.63) is 70.8 Å². The van der Waals surface area contributed by atoms with Crippen LogP contribution >= 0.6 is 11.8 Å². The number of benzene rings is 2. The summed E-state index contributed by atoms with van der Waals surface area (Å²) < 4.78 is 38.5. The summed E-state index contributed by atoms with van der Waals surface area (Å²) >= 11 is 1.93. The highest BCUT2D eigenvalue weighted by molar-refractivity contribution is 7.99. The highest BCUT2D eigenvalue weighted by Crippen LogP contribution is 2.30. The van der Waals surface area contributed by atoms with Crippen molar-refractivity contribution in [3.8, 4) is 0 Å². The van der Waals surface area contributed by atoms with Crippen molar-refractivity contribution >= 4 is 17.5 Å². The van der Waals surface area contributed by atoms with E-state index in [2.05, 4.69) is 4.90 Å². The molecule has 25 heavy (non-hydrogen) atoms. The average molecular weight is 365 g/mol. The number of carbonyl (C=O) groups excluding carboxylic acids is 1. The molecule has 6 heteroatoms. The summed E-state index contributed by atoms with van der Waals surface area (Å²) in [4.78, 5) is 14.9. The third-order valence-corrected chi connectivity index (χ3v) is 5.09. The maximum atomic E-state index is 12.8. The van der Waals surface area contributed by atoms with Gasteiger partial charge in [-0.15, -0.1) is 0 Å². The van der Waals surface area contributed by atoms with Crippen LogP contribution in [0.4, 0.5) is 13.2 Å². The lowest BCUT2D eigenvalue weighted by atomic mass is 9.99. The summed E-state index contributed by atoms with van der Waals surface area (Å²) in [5.74, 6) is 1.81. The lowest BCUT2D eigenvalue weighted by Crippen LogP contribution is -2.31. The Morgan fingerprint density at radius 2 is 1.64 bits per heavy atom. The van der Waals surface area contributed by atoms with Gasteiger partial charge < -0.3 is 0 Å². The van der Waals surface area contributed by atoms with Crippen molar-refractivity contribution in [1.29, 1.82) is 0 Å². The third kappa shape index (κ3) is 4.64. The van der Waals surface area contributed by atoms with E-state index in [1.165, 1.54) is 12.1 Å². The normalized spacial score (nSPS) is 16.0. The molecule has 2 aromatic carbocycles. The van der Waals surface area contributed by atoms with E-state index in [1.54, 1.807) is 18.2 Å². The molecule has 1 aliphatic rings. The van der Waals surface area contributed by atoms with E-state index in [9.17, 15) is 18.0 Å². The maximum Gasteiger partial charge on any atom is 0.416 e. The first-order chi connectivity index (χ1) is 11.9. The fraction of sp³-hybridized carbons (Fsp3) is 0.316. The number of rotatable bonds is 4. The van der Waals surface area contributed by atoms with Crippen LogP contribution in [0.1, 0.15) is 27.0 Å². The van der Waals surface area contributed by atoms with E-state index in [4.69, 9.17) is 0 Å². The molecule has 0 atom stereocenters. The second-order valence-electron chi connectivity index (χ2n) is 6.00. The summed E-state index contributed by atoms with van der Waals surface area (Å²) in [6.07, 6.45) is -4.45. The summed E-state index contributed by atoms with van der Waals surface area (Å²) in [5, 5.41) is 0. The van der Waals surface area contributed by atoms with E-state index in [0.29, 0.717) is 5.56 Å². The molecule has 2 aromatic rings. The standard InChI is InChI=1S/C19H18F3NOS/c20-19(21,22)17-6-2-5-16(12-17)18(24)15-4-1-3-14(11-15)13-23-7-9-25-10-8-23/h1-6,11-12H,7-10,13H2. The van der Waals surface area contributed by atoms with Gasteiger partial charge in [-0.25, -0.2) is 0 Å². The van der Waals surface area contributed by atoms with E-state index in [0.717, 1.165) is 48.8 Å². The molecule has 0 bridgehead atoms. The molecule has 0 radical (unpaired) electrons. The first-order valence-corrected chi connectivity index (χ1v) is 9.20. The average Bonchev–Trinajstić information content (AvgIpc) is 2.61. The SMILES string of the molecule is O=C(c1cccc(CN2CCSCC2)c1)c1cccc(C(F)(F)F)c1. The molecule has 0 N–H and O–H groups in total. The quantitative estimate of drug-likeness (QED) is 0.745. The van der Waals surface area contributed by atoms with Crippen molar-refractivity contribution in [2.24, 2.45) is 0 Å². The smallest absolute Gasteiger partial charge is 0.297 e. The molecule has 132 valence electrons. The minimum Gasteiger partial charge on any atom is -0.297 e. The van der Waals surface area contributed by atoms with Crippen molar-refractivity contribution in [2.75, 3.05) is 24.6 Å². The number of ketones is 1. The van der Waals surface area contributed by atoms with Gasteiger partial charge in [-0.2, -0.15) is 24.9 Å². The monoisotopic (exact) mass is 365 g/mol. The van der Waals surface area contributed by atoms with Crippen molar-refractivity contribution in [2.45, 2.75) is 12.7 Å². The molecule has 1 fully saturated rings. The topological polar surface area (TPSA) is 20.3 Å². The summed E-state index contributed by atoms with van der Waals surface area (Å²) in [6.45, 7) is 2.78. The van der Waals surface area contributed by atoms with Gasteiger partial charge in [0.25, 0.3) is 0 Å². The second-order valence-corrected chi connectivity index (χ2v) is 7.22. The number of halogens is 3. The summed E-state index contributed by atoms with van der Waals surface area (Å²) in [5.41, 5.74) is 0.676. The molecule has 0 aliphatic carbocycles. The Kier molecular flexibility index (Phi) is 5.49. The molecule has 0 spiro atoms. The molecular weight excluding hydrogens is 347 g/mol. The fourth-order valence-electron chi connectivity index (χ4n) is 2.83. The lowest BCUT2D eigenvalue weighted by molar-refractivity contribution is -0.137. The van der Waals surface area contributed by atoms with Crippen molar-refractivity contribution in [3.63, 3.8) is 0 Å². The molecule has 1 saturated heterocycles. The van der Waals surface area contributed by atoms with Crippen LogP contribution in [0.2, 0.25) is 0 Å². The van der Waals surface area contributed by atoms with Crippen LogP contribution in [-0.4, -0.2) is 35.3 Å². The molecule has 3 rings (SSSR count). The number of nitrogens with zero attached hydrogens (tertiary/aromatic N) is 1. The van der Waals surface area contributed by atoms with Crippen LogP contribution in [0.5, 0.6) is 0 Å². The first kappa shape index (κ1) is 18.0. The Labute approximate surface area is 149 Å². The van der Waals surface area contributed by atoms with Gasteiger partial charge in [0.1, 0.15) is 0 Å². The van der Waals surface area contributed by atoms with E-state index < -0.39 is 11.7 Å². The van der Waals surface area contributed by atoms with Gasteiger partial charge in [-0.1, -0.05) is 30.3 Å². The molecule has 1 aliphatic heterocycles. The van der Waals surface area contributed by atoms with Gasteiger partial charge in [-0.3, -0.25) is 9.69 Å². The van der Waals surface area contributed by atoms with Crippen molar-refractivity contribution in [1.82, 2.24) is 4.90 Å². The van der Waals surface area contributed by atoms with Crippen LogP contribution in [-0.2, 0) is 12.7 Å². The largest absolute Gasteiger partial charge is 0.416 e. The van der Waals surface area contributed by atoms with E-state index in [-0.39, 0.29) is 11.3 Å². The number of hydrogen-bond acceptors (Lipinski definition) is 3. The predicted molar refractivity (Wildman–Crippen MR) is 93.9 cm³/mol. The Morgan fingerprint density at radius 3 is 2.32 bits per heavy atom. The van der Waals surface area contributed by atoms with E-state index in [1.807, 2.05) is 17.8 Å².